The van der Waals surface area contributed by atoms with Gasteiger partial charge in [0.05, 0.1) is 22.7 Å². The van der Waals surface area contributed by atoms with E-state index in [1.54, 1.807) is 29.1 Å². The molecule has 0 spiro atoms. The molecule has 0 saturated carbocycles. The van der Waals surface area contributed by atoms with Crippen molar-refractivity contribution in [2.24, 2.45) is 11.7 Å². The minimum atomic E-state index is -0.548. The van der Waals surface area contributed by atoms with Gasteiger partial charge in [-0.15, -0.1) is 0 Å². The van der Waals surface area contributed by atoms with Crippen LogP contribution in [0.4, 0.5) is 11.5 Å². The third-order valence-corrected chi connectivity index (χ3v) is 4.92. The van der Waals surface area contributed by atoms with Crippen LogP contribution in [0.1, 0.15) is 29.7 Å². The lowest BCUT2D eigenvalue weighted by Gasteiger charge is -2.28. The second-order valence-electron chi connectivity index (χ2n) is 5.90. The SMILES string of the molecule is C[C@H]1CCOC[C@@H]1n1cc(C(N)=O)c(Nc2ccc(Cl)c(Cl)c2)n1. The molecule has 8 heteroatoms. The molecule has 2 aromatic rings. The van der Waals surface area contributed by atoms with Crippen molar-refractivity contribution < 1.29 is 9.53 Å². The van der Waals surface area contributed by atoms with Gasteiger partial charge in [0.15, 0.2) is 5.82 Å². The summed E-state index contributed by atoms with van der Waals surface area (Å²) in [5.41, 5.74) is 6.48. The molecule has 1 saturated heterocycles. The Hall–Kier alpha value is -1.76. The van der Waals surface area contributed by atoms with Crippen LogP contribution in [0.3, 0.4) is 0 Å². The summed E-state index contributed by atoms with van der Waals surface area (Å²) in [4.78, 5) is 11.8. The molecule has 0 radical (unpaired) electrons. The second-order valence-corrected chi connectivity index (χ2v) is 6.71. The van der Waals surface area contributed by atoms with Gasteiger partial charge in [0, 0.05) is 18.5 Å². The highest BCUT2D eigenvalue weighted by atomic mass is 35.5. The third kappa shape index (κ3) is 3.50. The molecule has 2 heterocycles. The summed E-state index contributed by atoms with van der Waals surface area (Å²) < 4.78 is 7.29. The van der Waals surface area contributed by atoms with Gasteiger partial charge in [0.2, 0.25) is 0 Å². The van der Waals surface area contributed by atoms with Crippen LogP contribution in [-0.4, -0.2) is 28.9 Å². The number of ether oxygens (including phenoxy) is 1. The molecule has 2 atom stereocenters. The highest BCUT2D eigenvalue weighted by Crippen LogP contribution is 2.30. The normalized spacial score (nSPS) is 20.8. The average Bonchev–Trinajstić information content (AvgIpc) is 2.95. The topological polar surface area (TPSA) is 82.2 Å². The summed E-state index contributed by atoms with van der Waals surface area (Å²) in [6, 6.07) is 5.16. The fraction of sp³-hybridized carbons (Fsp3) is 0.375. The van der Waals surface area contributed by atoms with E-state index in [0.29, 0.717) is 39.6 Å². The molecule has 0 unspecified atom stereocenters. The van der Waals surface area contributed by atoms with E-state index >= 15 is 0 Å². The lowest BCUT2D eigenvalue weighted by molar-refractivity contribution is 0.0238. The van der Waals surface area contributed by atoms with Crippen LogP contribution in [0.5, 0.6) is 0 Å². The predicted octanol–water partition coefficient (Wildman–Crippen LogP) is 3.63. The zero-order chi connectivity index (χ0) is 17.3. The number of amides is 1. The molecule has 3 rings (SSSR count). The zero-order valence-corrected chi connectivity index (χ0v) is 14.6. The smallest absolute Gasteiger partial charge is 0.254 e. The summed E-state index contributed by atoms with van der Waals surface area (Å²) in [7, 11) is 0. The molecular formula is C16H18Cl2N4O2. The first-order valence-electron chi connectivity index (χ1n) is 7.64. The van der Waals surface area contributed by atoms with Gasteiger partial charge >= 0.3 is 0 Å². The van der Waals surface area contributed by atoms with Crippen molar-refractivity contribution in [2.45, 2.75) is 19.4 Å². The van der Waals surface area contributed by atoms with Gasteiger partial charge in [-0.2, -0.15) is 5.10 Å². The van der Waals surface area contributed by atoms with Gasteiger partial charge in [0.25, 0.3) is 5.91 Å². The number of halogens is 2. The van der Waals surface area contributed by atoms with Crippen molar-refractivity contribution in [1.82, 2.24) is 9.78 Å². The summed E-state index contributed by atoms with van der Waals surface area (Å²) in [6.07, 6.45) is 2.62. The summed E-state index contributed by atoms with van der Waals surface area (Å²) >= 11 is 11.9. The number of hydrogen-bond donors (Lipinski definition) is 2. The molecule has 1 aromatic heterocycles. The van der Waals surface area contributed by atoms with Gasteiger partial charge in [-0.05, 0) is 30.5 Å². The van der Waals surface area contributed by atoms with Crippen molar-refractivity contribution in [3.05, 3.63) is 40.0 Å². The van der Waals surface area contributed by atoms with E-state index in [-0.39, 0.29) is 6.04 Å². The molecule has 6 nitrogen and oxygen atoms in total. The number of benzene rings is 1. The van der Waals surface area contributed by atoms with Crippen LogP contribution < -0.4 is 11.1 Å². The lowest BCUT2D eigenvalue weighted by Crippen LogP contribution is -2.28. The van der Waals surface area contributed by atoms with Crippen LogP contribution in [0.2, 0.25) is 10.0 Å². The second kappa shape index (κ2) is 7.01. The largest absolute Gasteiger partial charge is 0.379 e. The fourth-order valence-corrected chi connectivity index (χ4v) is 3.01. The minimum Gasteiger partial charge on any atom is -0.379 e. The minimum absolute atomic E-state index is 0.0706. The molecule has 128 valence electrons. The summed E-state index contributed by atoms with van der Waals surface area (Å²) in [5, 5.41) is 8.45. The highest BCUT2D eigenvalue weighted by molar-refractivity contribution is 6.42. The van der Waals surface area contributed by atoms with Crippen LogP contribution in [0.15, 0.2) is 24.4 Å². The monoisotopic (exact) mass is 368 g/mol. The van der Waals surface area contributed by atoms with Crippen molar-refractivity contribution in [1.29, 1.82) is 0 Å². The molecule has 1 aliphatic rings. The number of anilines is 2. The van der Waals surface area contributed by atoms with Crippen molar-refractivity contribution in [3.8, 4) is 0 Å². The molecule has 1 aliphatic heterocycles. The Balaban J connectivity index is 1.91. The first-order valence-corrected chi connectivity index (χ1v) is 8.40. The maximum atomic E-state index is 11.8. The van der Waals surface area contributed by atoms with Gasteiger partial charge in [-0.3, -0.25) is 9.48 Å². The first-order chi connectivity index (χ1) is 11.5. The maximum Gasteiger partial charge on any atom is 0.254 e. The molecule has 0 aliphatic carbocycles. The number of nitrogens with one attached hydrogen (secondary N) is 1. The Labute approximate surface area is 149 Å². The zero-order valence-electron chi connectivity index (χ0n) is 13.1. The number of aromatic nitrogens is 2. The van der Waals surface area contributed by atoms with Crippen molar-refractivity contribution in [2.75, 3.05) is 18.5 Å². The first kappa shape index (κ1) is 17.1. The van der Waals surface area contributed by atoms with Crippen LogP contribution >= 0.6 is 23.2 Å². The van der Waals surface area contributed by atoms with E-state index in [1.807, 2.05) is 0 Å². The predicted molar refractivity (Wildman–Crippen MR) is 94.1 cm³/mol. The number of carbonyl (C=O) groups excluding carboxylic acids is 1. The Morgan fingerprint density at radius 1 is 1.42 bits per heavy atom. The molecular weight excluding hydrogens is 351 g/mol. The van der Waals surface area contributed by atoms with Gasteiger partial charge in [-0.25, -0.2) is 0 Å². The quantitative estimate of drug-likeness (QED) is 0.862. The van der Waals surface area contributed by atoms with Crippen LogP contribution in [0, 0.1) is 5.92 Å². The van der Waals surface area contributed by atoms with E-state index in [4.69, 9.17) is 33.7 Å². The van der Waals surface area contributed by atoms with E-state index in [9.17, 15) is 4.79 Å². The van der Waals surface area contributed by atoms with E-state index in [2.05, 4.69) is 17.3 Å². The maximum absolute atomic E-state index is 11.8. The van der Waals surface area contributed by atoms with Crippen LogP contribution in [0.25, 0.3) is 0 Å². The third-order valence-electron chi connectivity index (χ3n) is 4.18. The molecule has 1 fully saturated rings. The number of primary amides is 1. The average molecular weight is 369 g/mol. The van der Waals surface area contributed by atoms with E-state index < -0.39 is 5.91 Å². The molecule has 24 heavy (non-hydrogen) atoms. The Morgan fingerprint density at radius 2 is 2.21 bits per heavy atom. The lowest BCUT2D eigenvalue weighted by atomic mass is 9.97. The fourth-order valence-electron chi connectivity index (χ4n) is 2.71. The van der Waals surface area contributed by atoms with Crippen LogP contribution in [-0.2, 0) is 4.74 Å². The van der Waals surface area contributed by atoms with Gasteiger partial charge in [0.1, 0.15) is 5.56 Å². The number of carbonyl (C=O) groups is 1. The standard InChI is InChI=1S/C16H18Cl2N4O2/c1-9-4-5-24-8-14(9)22-7-11(15(19)23)16(21-22)20-10-2-3-12(17)13(18)6-10/h2-3,6-7,9,14H,4-5,8H2,1H3,(H2,19,23)(H,20,21)/t9-,14-/m0/s1. The molecule has 0 bridgehead atoms. The van der Waals surface area contributed by atoms with E-state index in [0.717, 1.165) is 13.0 Å². The van der Waals surface area contributed by atoms with E-state index in [1.165, 1.54) is 0 Å². The van der Waals surface area contributed by atoms with Crippen molar-refractivity contribution in [3.63, 3.8) is 0 Å². The number of nitrogens with zero attached hydrogens (tertiary/aromatic N) is 2. The Morgan fingerprint density at radius 3 is 2.88 bits per heavy atom. The van der Waals surface area contributed by atoms with Gasteiger partial charge in [-0.1, -0.05) is 30.1 Å². The molecule has 3 N–H and O–H groups in total. The number of rotatable bonds is 4. The molecule has 1 aromatic carbocycles. The molecule has 1 amide bonds. The Bertz CT molecular complexity index is 763. The number of nitrogens with two attached hydrogens (primary N) is 1. The number of hydrogen-bond acceptors (Lipinski definition) is 4. The Kier molecular flexibility index (Phi) is 4.99. The summed E-state index contributed by atoms with van der Waals surface area (Å²) in [5.74, 6) is 0.240. The summed E-state index contributed by atoms with van der Waals surface area (Å²) in [6.45, 7) is 3.45. The van der Waals surface area contributed by atoms with Crippen molar-refractivity contribution >= 4 is 40.6 Å². The van der Waals surface area contributed by atoms with Gasteiger partial charge < -0.3 is 15.8 Å². The highest BCUT2D eigenvalue weighted by Gasteiger charge is 2.26.